The van der Waals surface area contributed by atoms with Crippen LogP contribution in [0, 0.1) is 13.8 Å². The molecule has 0 saturated heterocycles. The molecule has 0 aliphatic carbocycles. The summed E-state index contributed by atoms with van der Waals surface area (Å²) in [5.74, 6) is 0.422. The van der Waals surface area contributed by atoms with Crippen molar-refractivity contribution in [3.8, 4) is 5.75 Å². The fourth-order valence-electron chi connectivity index (χ4n) is 3.14. The van der Waals surface area contributed by atoms with Gasteiger partial charge >= 0.3 is 0 Å². The Morgan fingerprint density at radius 3 is 2.27 bits per heavy atom. The third kappa shape index (κ3) is 4.08. The molecular weight excluding hydrogens is 337 g/mol. The second-order valence-corrected chi connectivity index (χ2v) is 7.85. The number of hydrogen-bond acceptors (Lipinski definition) is 2. The summed E-state index contributed by atoms with van der Waals surface area (Å²) < 4.78 is 0. The number of benzene rings is 3. The molecule has 0 aliphatic heterocycles. The Labute approximate surface area is 158 Å². The number of para-hydroxylation sites is 1. The van der Waals surface area contributed by atoms with E-state index in [-0.39, 0.29) is 0 Å². The summed E-state index contributed by atoms with van der Waals surface area (Å²) >= 11 is 0. The molecule has 2 nitrogen and oxygen atoms in total. The van der Waals surface area contributed by atoms with Gasteiger partial charge in [0.25, 0.3) is 0 Å². The SMILES string of the molecule is CCN(Cc1ccccc1)c1cccc(C)c1Pc1cccc(C)c1O. The van der Waals surface area contributed by atoms with E-state index < -0.39 is 0 Å². The lowest BCUT2D eigenvalue weighted by Gasteiger charge is -2.27. The van der Waals surface area contributed by atoms with Gasteiger partial charge in [-0.15, -0.1) is 0 Å². The van der Waals surface area contributed by atoms with Crippen LogP contribution in [0.25, 0.3) is 0 Å². The fourth-order valence-corrected chi connectivity index (χ4v) is 4.56. The zero-order valence-corrected chi connectivity index (χ0v) is 16.7. The molecule has 3 rings (SSSR count). The first-order chi connectivity index (χ1) is 12.6. The Kier molecular flexibility index (Phi) is 5.96. The second-order valence-electron chi connectivity index (χ2n) is 6.56. The van der Waals surface area contributed by atoms with Gasteiger partial charge < -0.3 is 10.0 Å². The van der Waals surface area contributed by atoms with Crippen LogP contribution in [0.15, 0.2) is 66.7 Å². The predicted molar refractivity (Wildman–Crippen MR) is 115 cm³/mol. The molecule has 3 aromatic carbocycles. The summed E-state index contributed by atoms with van der Waals surface area (Å²) in [6.45, 7) is 8.14. The molecule has 0 fully saturated rings. The van der Waals surface area contributed by atoms with E-state index in [2.05, 4.69) is 67.3 Å². The van der Waals surface area contributed by atoms with Gasteiger partial charge in [0, 0.05) is 29.4 Å². The van der Waals surface area contributed by atoms with Crippen LogP contribution in [-0.2, 0) is 6.54 Å². The van der Waals surface area contributed by atoms with Gasteiger partial charge in [0.05, 0.1) is 0 Å². The summed E-state index contributed by atoms with van der Waals surface area (Å²) in [5, 5.41) is 12.8. The topological polar surface area (TPSA) is 23.5 Å². The molecule has 1 N–H and O–H groups in total. The maximum atomic E-state index is 10.5. The van der Waals surface area contributed by atoms with Gasteiger partial charge in [-0.2, -0.15) is 0 Å². The van der Waals surface area contributed by atoms with Crippen molar-refractivity contribution in [3.63, 3.8) is 0 Å². The van der Waals surface area contributed by atoms with Crippen LogP contribution in [0.3, 0.4) is 0 Å². The Bertz CT molecular complexity index is 877. The Morgan fingerprint density at radius 2 is 1.54 bits per heavy atom. The Hall–Kier alpha value is -2.31. The van der Waals surface area contributed by atoms with Crippen molar-refractivity contribution in [2.24, 2.45) is 0 Å². The quantitative estimate of drug-likeness (QED) is 0.644. The average Bonchev–Trinajstić information content (AvgIpc) is 2.66. The van der Waals surface area contributed by atoms with Crippen molar-refractivity contribution < 1.29 is 5.11 Å². The summed E-state index contributed by atoms with van der Waals surface area (Å²) in [5.41, 5.74) is 4.77. The molecule has 0 bridgehead atoms. The molecule has 0 amide bonds. The molecule has 0 spiro atoms. The van der Waals surface area contributed by atoms with E-state index in [1.54, 1.807) is 0 Å². The van der Waals surface area contributed by atoms with Crippen molar-refractivity contribution >= 4 is 24.9 Å². The van der Waals surface area contributed by atoms with Gasteiger partial charge in [-0.3, -0.25) is 0 Å². The van der Waals surface area contributed by atoms with Crippen LogP contribution in [0.4, 0.5) is 5.69 Å². The molecule has 0 heterocycles. The van der Waals surface area contributed by atoms with Crippen molar-refractivity contribution in [2.45, 2.75) is 27.3 Å². The maximum absolute atomic E-state index is 10.5. The lowest BCUT2D eigenvalue weighted by atomic mass is 10.1. The summed E-state index contributed by atoms with van der Waals surface area (Å²) in [4.78, 5) is 2.41. The Balaban J connectivity index is 1.97. The number of rotatable bonds is 6. The van der Waals surface area contributed by atoms with E-state index in [0.717, 1.165) is 24.0 Å². The molecule has 1 unspecified atom stereocenters. The number of phenols is 1. The zero-order valence-electron chi connectivity index (χ0n) is 15.7. The summed E-state index contributed by atoms with van der Waals surface area (Å²) in [6.07, 6.45) is 0. The largest absolute Gasteiger partial charge is 0.507 e. The molecule has 0 saturated carbocycles. The Morgan fingerprint density at radius 1 is 0.846 bits per heavy atom. The molecule has 0 aliphatic rings. The molecule has 134 valence electrons. The van der Waals surface area contributed by atoms with Crippen molar-refractivity contribution in [1.29, 1.82) is 0 Å². The average molecular weight is 363 g/mol. The van der Waals surface area contributed by atoms with E-state index in [1.807, 2.05) is 25.1 Å². The highest BCUT2D eigenvalue weighted by Gasteiger charge is 2.15. The number of nitrogens with zero attached hydrogens (tertiary/aromatic N) is 1. The smallest absolute Gasteiger partial charge is 0.126 e. The summed E-state index contributed by atoms with van der Waals surface area (Å²) in [7, 11) is 0.434. The lowest BCUT2D eigenvalue weighted by molar-refractivity contribution is 0.475. The second kappa shape index (κ2) is 8.38. The monoisotopic (exact) mass is 363 g/mol. The van der Waals surface area contributed by atoms with Gasteiger partial charge in [-0.25, -0.2) is 0 Å². The molecule has 3 aromatic rings. The highest BCUT2D eigenvalue weighted by Crippen LogP contribution is 2.28. The van der Waals surface area contributed by atoms with Crippen molar-refractivity contribution in [3.05, 3.63) is 83.4 Å². The summed E-state index contributed by atoms with van der Waals surface area (Å²) in [6, 6.07) is 23.1. The minimum absolute atomic E-state index is 0.422. The number of aromatic hydroxyl groups is 1. The molecule has 1 atom stereocenters. The number of aryl methyl sites for hydroxylation is 2. The van der Waals surface area contributed by atoms with Crippen LogP contribution >= 0.6 is 8.58 Å². The van der Waals surface area contributed by atoms with Crippen molar-refractivity contribution in [1.82, 2.24) is 0 Å². The predicted octanol–water partition coefficient (Wildman–Crippen LogP) is 4.66. The van der Waals surface area contributed by atoms with E-state index in [4.69, 9.17) is 0 Å². The molecule has 0 aromatic heterocycles. The number of anilines is 1. The minimum Gasteiger partial charge on any atom is -0.507 e. The van der Waals surface area contributed by atoms with Gasteiger partial charge in [0.15, 0.2) is 0 Å². The first-order valence-electron chi connectivity index (χ1n) is 9.04. The maximum Gasteiger partial charge on any atom is 0.126 e. The molecule has 3 heteroatoms. The van der Waals surface area contributed by atoms with Gasteiger partial charge in [0.2, 0.25) is 0 Å². The highest BCUT2D eigenvalue weighted by atomic mass is 31.1. The van der Waals surface area contributed by atoms with Gasteiger partial charge in [-0.05, 0) is 43.5 Å². The van der Waals surface area contributed by atoms with Gasteiger partial charge in [-0.1, -0.05) is 69.2 Å². The highest BCUT2D eigenvalue weighted by molar-refractivity contribution is 7.56. The van der Waals surface area contributed by atoms with E-state index in [1.165, 1.54) is 22.1 Å². The van der Waals surface area contributed by atoms with E-state index >= 15 is 0 Å². The fraction of sp³-hybridized carbons (Fsp3) is 0.217. The zero-order chi connectivity index (χ0) is 18.5. The van der Waals surface area contributed by atoms with Crippen molar-refractivity contribution in [2.75, 3.05) is 11.4 Å². The number of phenolic OH excluding ortho intramolecular Hbond substituents is 1. The van der Waals surface area contributed by atoms with Crippen LogP contribution in [0.2, 0.25) is 0 Å². The van der Waals surface area contributed by atoms with Crippen LogP contribution in [0.1, 0.15) is 23.6 Å². The lowest BCUT2D eigenvalue weighted by Crippen LogP contribution is -2.27. The molecule has 0 radical (unpaired) electrons. The first-order valence-corrected chi connectivity index (χ1v) is 10.0. The van der Waals surface area contributed by atoms with E-state index in [9.17, 15) is 5.11 Å². The molecular formula is C23H26NOP. The number of hydrogen-bond donors (Lipinski definition) is 1. The van der Waals surface area contributed by atoms with Crippen LogP contribution < -0.4 is 15.5 Å². The van der Waals surface area contributed by atoms with E-state index in [0.29, 0.717) is 14.3 Å². The minimum atomic E-state index is 0.422. The van der Waals surface area contributed by atoms with Gasteiger partial charge in [0.1, 0.15) is 5.75 Å². The molecule has 26 heavy (non-hydrogen) atoms. The first kappa shape index (κ1) is 18.5. The van der Waals surface area contributed by atoms with Crippen LogP contribution in [0.5, 0.6) is 5.75 Å². The van der Waals surface area contributed by atoms with Crippen LogP contribution in [-0.4, -0.2) is 11.7 Å². The normalized spacial score (nSPS) is 11.2. The third-order valence-electron chi connectivity index (χ3n) is 4.69. The standard InChI is InChI=1S/C23H26NOP/c1-4-24(16-19-12-6-5-7-13-19)20-14-8-11-18(3)23(20)26-21-15-9-10-17(2)22(21)25/h5-15,25-26H,4,16H2,1-3H3. The third-order valence-corrected chi connectivity index (χ3v) is 6.26.